The van der Waals surface area contributed by atoms with Gasteiger partial charge in [0, 0.05) is 24.2 Å². The summed E-state index contributed by atoms with van der Waals surface area (Å²) >= 11 is 0. The largest absolute Gasteiger partial charge is 0.378 e. The van der Waals surface area contributed by atoms with Crippen LogP contribution in [-0.4, -0.2) is 17.7 Å². The van der Waals surface area contributed by atoms with E-state index in [0.717, 1.165) is 30.4 Å². The minimum atomic E-state index is 0.155. The number of nitrogens with zero attached hydrogens (tertiary/aromatic N) is 1. The minimum absolute atomic E-state index is 0.155. The lowest BCUT2D eigenvalue weighted by Gasteiger charge is -2.25. The molecular weight excluding hydrogens is 262 g/mol. The number of pyridine rings is 1. The molecule has 2 heterocycles. The lowest BCUT2D eigenvalue weighted by atomic mass is 9.97. The van der Waals surface area contributed by atoms with Crippen molar-refractivity contribution in [1.29, 1.82) is 0 Å². The number of hydrogen-bond acceptors (Lipinski definition) is 4. The number of fused-ring (bicyclic) bond motifs is 1. The average Bonchev–Trinajstić information content (AvgIpc) is 2.56. The van der Waals surface area contributed by atoms with Crippen LogP contribution in [0.4, 0.5) is 0 Å². The highest BCUT2D eigenvalue weighted by molar-refractivity contribution is 5.78. The number of nitrogens with one attached hydrogen (secondary N) is 1. The van der Waals surface area contributed by atoms with Gasteiger partial charge >= 0.3 is 0 Å². The first kappa shape index (κ1) is 14.4. The van der Waals surface area contributed by atoms with Crippen LogP contribution in [0.25, 0.3) is 10.9 Å². The van der Waals surface area contributed by atoms with Crippen molar-refractivity contribution in [3.05, 3.63) is 42.1 Å². The molecule has 2 unspecified atom stereocenters. The number of rotatable bonds is 5. The summed E-state index contributed by atoms with van der Waals surface area (Å²) in [5.41, 5.74) is 5.15. The van der Waals surface area contributed by atoms with E-state index in [1.807, 2.05) is 12.3 Å². The van der Waals surface area contributed by atoms with Crippen LogP contribution in [0, 0.1) is 0 Å². The Bertz CT molecular complexity index is 581. The van der Waals surface area contributed by atoms with Crippen molar-refractivity contribution in [3.8, 4) is 0 Å². The molecule has 1 fully saturated rings. The smallest absolute Gasteiger partial charge is 0.0705 e. The van der Waals surface area contributed by atoms with E-state index in [0.29, 0.717) is 6.10 Å². The van der Waals surface area contributed by atoms with Crippen LogP contribution in [0.3, 0.4) is 0 Å². The molecule has 4 heteroatoms. The summed E-state index contributed by atoms with van der Waals surface area (Å²) in [6.45, 7) is 0.908. The molecule has 1 aromatic carbocycles. The summed E-state index contributed by atoms with van der Waals surface area (Å²) in [5.74, 6) is 5.75. The summed E-state index contributed by atoms with van der Waals surface area (Å²) in [4.78, 5) is 4.42. The third kappa shape index (κ3) is 3.59. The zero-order valence-corrected chi connectivity index (χ0v) is 12.3. The molecule has 1 aliphatic heterocycles. The predicted octanol–water partition coefficient (Wildman–Crippen LogP) is 3.09. The van der Waals surface area contributed by atoms with Crippen molar-refractivity contribution in [2.24, 2.45) is 5.84 Å². The van der Waals surface area contributed by atoms with E-state index in [9.17, 15) is 0 Å². The van der Waals surface area contributed by atoms with Crippen LogP contribution < -0.4 is 11.3 Å². The van der Waals surface area contributed by atoms with Crippen molar-refractivity contribution in [2.75, 3.05) is 6.61 Å². The number of ether oxygens (including phenoxy) is 1. The first-order valence-electron chi connectivity index (χ1n) is 7.79. The van der Waals surface area contributed by atoms with Crippen LogP contribution >= 0.6 is 0 Å². The molecule has 0 amide bonds. The molecule has 0 spiro atoms. The van der Waals surface area contributed by atoms with Gasteiger partial charge in [0.2, 0.25) is 0 Å². The van der Waals surface area contributed by atoms with Gasteiger partial charge in [0.15, 0.2) is 0 Å². The molecule has 3 N–H and O–H groups in total. The third-order valence-corrected chi connectivity index (χ3v) is 4.28. The Labute approximate surface area is 125 Å². The molecule has 21 heavy (non-hydrogen) atoms. The standard InChI is InChI=1S/C17H23N3O/c18-20-16(9-8-15-5-1-2-11-21-15)14-7-6-13-4-3-10-19-17(13)12-14/h3-4,6-7,10,12,15-16,20H,1-2,5,8-9,11,18H2. The predicted molar refractivity (Wildman–Crippen MR) is 84.6 cm³/mol. The zero-order chi connectivity index (χ0) is 14.5. The molecule has 4 nitrogen and oxygen atoms in total. The van der Waals surface area contributed by atoms with Gasteiger partial charge in [-0.1, -0.05) is 18.2 Å². The topological polar surface area (TPSA) is 60.2 Å². The number of hydrazine groups is 1. The monoisotopic (exact) mass is 285 g/mol. The number of hydrogen-bond donors (Lipinski definition) is 2. The van der Waals surface area contributed by atoms with E-state index in [4.69, 9.17) is 10.6 Å². The van der Waals surface area contributed by atoms with E-state index in [2.05, 4.69) is 34.7 Å². The summed E-state index contributed by atoms with van der Waals surface area (Å²) in [7, 11) is 0. The average molecular weight is 285 g/mol. The van der Waals surface area contributed by atoms with Gasteiger partial charge in [-0.15, -0.1) is 0 Å². The Kier molecular flexibility index (Phi) is 4.80. The molecule has 1 aromatic heterocycles. The first-order valence-corrected chi connectivity index (χ1v) is 7.79. The fourth-order valence-corrected chi connectivity index (χ4v) is 3.03. The Morgan fingerprint density at radius 3 is 3.10 bits per heavy atom. The highest BCUT2D eigenvalue weighted by Crippen LogP contribution is 2.25. The van der Waals surface area contributed by atoms with Crippen LogP contribution in [0.2, 0.25) is 0 Å². The normalized spacial score (nSPS) is 20.5. The van der Waals surface area contributed by atoms with Crippen LogP contribution in [0.5, 0.6) is 0 Å². The second-order valence-corrected chi connectivity index (χ2v) is 5.74. The van der Waals surface area contributed by atoms with Crippen LogP contribution in [0.1, 0.15) is 43.7 Å². The van der Waals surface area contributed by atoms with Crippen molar-refractivity contribution in [1.82, 2.24) is 10.4 Å². The molecule has 112 valence electrons. The zero-order valence-electron chi connectivity index (χ0n) is 12.3. The number of nitrogens with two attached hydrogens (primary N) is 1. The Morgan fingerprint density at radius 2 is 2.29 bits per heavy atom. The van der Waals surface area contributed by atoms with Crippen molar-refractivity contribution >= 4 is 10.9 Å². The van der Waals surface area contributed by atoms with Crippen LogP contribution in [0.15, 0.2) is 36.5 Å². The number of aromatic nitrogens is 1. The second-order valence-electron chi connectivity index (χ2n) is 5.74. The van der Waals surface area contributed by atoms with Crippen molar-refractivity contribution in [2.45, 2.75) is 44.2 Å². The SMILES string of the molecule is NNC(CCC1CCCCO1)c1ccc2cccnc2c1. The molecule has 2 aromatic rings. The molecule has 1 aliphatic rings. The highest BCUT2D eigenvalue weighted by Gasteiger charge is 2.17. The molecule has 0 bridgehead atoms. The van der Waals surface area contributed by atoms with E-state index < -0.39 is 0 Å². The second kappa shape index (κ2) is 6.98. The summed E-state index contributed by atoms with van der Waals surface area (Å²) < 4.78 is 5.80. The summed E-state index contributed by atoms with van der Waals surface area (Å²) in [6, 6.07) is 10.6. The van der Waals surface area contributed by atoms with Gasteiger partial charge in [-0.3, -0.25) is 16.3 Å². The van der Waals surface area contributed by atoms with E-state index >= 15 is 0 Å². The molecule has 2 atom stereocenters. The van der Waals surface area contributed by atoms with Gasteiger partial charge in [0.25, 0.3) is 0 Å². The lowest BCUT2D eigenvalue weighted by molar-refractivity contribution is 0.00854. The highest BCUT2D eigenvalue weighted by atomic mass is 16.5. The lowest BCUT2D eigenvalue weighted by Crippen LogP contribution is -2.29. The molecule has 0 aliphatic carbocycles. The van der Waals surface area contributed by atoms with Gasteiger partial charge < -0.3 is 4.74 Å². The molecular formula is C17H23N3O. The maximum Gasteiger partial charge on any atom is 0.0705 e. The maximum absolute atomic E-state index is 5.80. The first-order chi connectivity index (χ1) is 10.4. The van der Waals surface area contributed by atoms with Gasteiger partial charge in [-0.2, -0.15) is 0 Å². The number of benzene rings is 1. The minimum Gasteiger partial charge on any atom is -0.378 e. The third-order valence-electron chi connectivity index (χ3n) is 4.28. The van der Waals surface area contributed by atoms with Crippen LogP contribution in [-0.2, 0) is 4.74 Å². The van der Waals surface area contributed by atoms with Gasteiger partial charge in [0.1, 0.15) is 0 Å². The fourth-order valence-electron chi connectivity index (χ4n) is 3.03. The van der Waals surface area contributed by atoms with Crippen molar-refractivity contribution in [3.63, 3.8) is 0 Å². The van der Waals surface area contributed by atoms with E-state index in [1.165, 1.54) is 24.8 Å². The van der Waals surface area contributed by atoms with Crippen molar-refractivity contribution < 1.29 is 4.74 Å². The maximum atomic E-state index is 5.80. The Hall–Kier alpha value is -1.49. The Morgan fingerprint density at radius 1 is 1.33 bits per heavy atom. The van der Waals surface area contributed by atoms with Gasteiger partial charge in [-0.25, -0.2) is 0 Å². The van der Waals surface area contributed by atoms with E-state index in [-0.39, 0.29) is 6.04 Å². The molecule has 1 saturated heterocycles. The summed E-state index contributed by atoms with van der Waals surface area (Å²) in [6.07, 6.45) is 7.92. The molecule has 0 radical (unpaired) electrons. The molecule has 0 saturated carbocycles. The quantitative estimate of drug-likeness (QED) is 0.654. The summed E-state index contributed by atoms with van der Waals surface area (Å²) in [5, 5.41) is 1.16. The van der Waals surface area contributed by atoms with Gasteiger partial charge in [-0.05, 0) is 49.8 Å². The van der Waals surface area contributed by atoms with E-state index in [1.54, 1.807) is 0 Å². The fraction of sp³-hybridized carbons (Fsp3) is 0.471. The Balaban J connectivity index is 1.68. The van der Waals surface area contributed by atoms with Gasteiger partial charge in [0.05, 0.1) is 11.6 Å². The molecule has 3 rings (SSSR count).